The standard InChI is InChI=1S/C14H16N2O2/c1-2-14(18)16(9-13(15)17)12-7-10-5-3-4-6-11(10)8-12/h2-6,12H,1,7-9H2,(H2,15,17). The van der Waals surface area contributed by atoms with Crippen molar-refractivity contribution in [2.45, 2.75) is 18.9 Å². The van der Waals surface area contributed by atoms with Crippen LogP contribution in [0.1, 0.15) is 11.1 Å². The van der Waals surface area contributed by atoms with E-state index in [2.05, 4.69) is 18.7 Å². The van der Waals surface area contributed by atoms with Gasteiger partial charge in [-0.25, -0.2) is 0 Å². The fraction of sp³-hybridized carbons (Fsp3) is 0.286. The average Bonchev–Trinajstić information content (AvgIpc) is 2.78. The Morgan fingerprint density at radius 2 is 1.89 bits per heavy atom. The number of amides is 2. The van der Waals surface area contributed by atoms with Gasteiger partial charge in [0.15, 0.2) is 0 Å². The predicted molar refractivity (Wildman–Crippen MR) is 68.7 cm³/mol. The molecule has 0 heterocycles. The minimum absolute atomic E-state index is 0.000370. The summed E-state index contributed by atoms with van der Waals surface area (Å²) in [5, 5.41) is 0. The van der Waals surface area contributed by atoms with Crippen LogP contribution in [0.25, 0.3) is 0 Å². The highest BCUT2D eigenvalue weighted by Gasteiger charge is 2.29. The van der Waals surface area contributed by atoms with Crippen molar-refractivity contribution in [3.05, 3.63) is 48.0 Å². The zero-order valence-corrected chi connectivity index (χ0v) is 10.1. The molecule has 1 aromatic rings. The summed E-state index contributed by atoms with van der Waals surface area (Å²) in [4.78, 5) is 24.3. The van der Waals surface area contributed by atoms with Gasteiger partial charge in [-0.15, -0.1) is 0 Å². The van der Waals surface area contributed by atoms with E-state index in [9.17, 15) is 9.59 Å². The van der Waals surface area contributed by atoms with Gasteiger partial charge in [-0.2, -0.15) is 0 Å². The van der Waals surface area contributed by atoms with Crippen LogP contribution in [0.2, 0.25) is 0 Å². The van der Waals surface area contributed by atoms with Crippen LogP contribution in [-0.4, -0.2) is 29.3 Å². The number of carbonyl (C=O) groups is 2. The van der Waals surface area contributed by atoms with E-state index in [1.165, 1.54) is 22.1 Å². The highest BCUT2D eigenvalue weighted by molar-refractivity contribution is 5.90. The van der Waals surface area contributed by atoms with Gasteiger partial charge in [0.2, 0.25) is 11.8 Å². The van der Waals surface area contributed by atoms with Crippen LogP contribution >= 0.6 is 0 Å². The Balaban J connectivity index is 2.17. The number of nitrogens with zero attached hydrogens (tertiary/aromatic N) is 1. The van der Waals surface area contributed by atoms with Crippen molar-refractivity contribution in [1.29, 1.82) is 0 Å². The highest BCUT2D eigenvalue weighted by atomic mass is 16.2. The Morgan fingerprint density at radius 1 is 1.33 bits per heavy atom. The van der Waals surface area contributed by atoms with Gasteiger partial charge in [-0.05, 0) is 30.0 Å². The van der Waals surface area contributed by atoms with E-state index >= 15 is 0 Å². The molecule has 1 aliphatic rings. The van der Waals surface area contributed by atoms with Crippen molar-refractivity contribution >= 4 is 11.8 Å². The summed E-state index contributed by atoms with van der Waals surface area (Å²) in [6.07, 6.45) is 2.76. The van der Waals surface area contributed by atoms with E-state index in [4.69, 9.17) is 5.73 Å². The summed E-state index contributed by atoms with van der Waals surface area (Å²) < 4.78 is 0. The minimum atomic E-state index is -0.499. The largest absolute Gasteiger partial charge is 0.368 e. The van der Waals surface area contributed by atoms with Crippen LogP contribution in [0.15, 0.2) is 36.9 Å². The number of hydrogen-bond donors (Lipinski definition) is 1. The Morgan fingerprint density at radius 3 is 2.33 bits per heavy atom. The Bertz CT molecular complexity index is 471. The van der Waals surface area contributed by atoms with Crippen molar-refractivity contribution in [3.63, 3.8) is 0 Å². The summed E-state index contributed by atoms with van der Waals surface area (Å²) in [5.41, 5.74) is 7.65. The van der Waals surface area contributed by atoms with Crippen LogP contribution in [-0.2, 0) is 22.4 Å². The third-order valence-electron chi connectivity index (χ3n) is 3.25. The lowest BCUT2D eigenvalue weighted by Crippen LogP contribution is -2.45. The van der Waals surface area contributed by atoms with Gasteiger partial charge in [0, 0.05) is 6.04 Å². The summed E-state index contributed by atoms with van der Waals surface area (Å²) in [6.45, 7) is 3.41. The van der Waals surface area contributed by atoms with Gasteiger partial charge in [-0.3, -0.25) is 9.59 Å². The summed E-state index contributed by atoms with van der Waals surface area (Å²) in [5.74, 6) is -0.743. The topological polar surface area (TPSA) is 63.4 Å². The second kappa shape index (κ2) is 5.04. The maximum atomic E-state index is 11.8. The predicted octanol–water partition coefficient (Wildman–Crippen LogP) is 0.654. The molecule has 1 aromatic carbocycles. The molecule has 0 bridgehead atoms. The van der Waals surface area contributed by atoms with Gasteiger partial charge in [-0.1, -0.05) is 30.8 Å². The lowest BCUT2D eigenvalue weighted by atomic mass is 10.1. The molecule has 0 aliphatic heterocycles. The van der Waals surface area contributed by atoms with Crippen molar-refractivity contribution < 1.29 is 9.59 Å². The van der Waals surface area contributed by atoms with Crippen molar-refractivity contribution in [1.82, 2.24) is 4.90 Å². The second-order valence-corrected chi connectivity index (χ2v) is 4.47. The first-order valence-corrected chi connectivity index (χ1v) is 5.90. The molecular weight excluding hydrogens is 228 g/mol. The molecule has 0 aromatic heterocycles. The van der Waals surface area contributed by atoms with Crippen LogP contribution in [0, 0.1) is 0 Å². The molecule has 4 heteroatoms. The monoisotopic (exact) mass is 244 g/mol. The molecule has 0 atom stereocenters. The van der Waals surface area contributed by atoms with Crippen LogP contribution < -0.4 is 5.73 Å². The fourth-order valence-electron chi connectivity index (χ4n) is 2.43. The Labute approximate surface area is 106 Å². The van der Waals surface area contributed by atoms with Crippen LogP contribution in [0.5, 0.6) is 0 Å². The average molecular weight is 244 g/mol. The lowest BCUT2D eigenvalue weighted by Gasteiger charge is -2.26. The first-order chi connectivity index (χ1) is 8.61. The molecule has 1 aliphatic carbocycles. The zero-order chi connectivity index (χ0) is 13.1. The molecule has 0 saturated heterocycles. The van der Waals surface area contributed by atoms with Gasteiger partial charge >= 0.3 is 0 Å². The molecule has 0 radical (unpaired) electrons. The van der Waals surface area contributed by atoms with E-state index in [0.29, 0.717) is 0 Å². The van der Waals surface area contributed by atoms with E-state index in [1.807, 2.05) is 12.1 Å². The number of benzene rings is 1. The number of hydrogen-bond acceptors (Lipinski definition) is 2. The molecule has 0 saturated carbocycles. The molecular formula is C14H16N2O2. The lowest BCUT2D eigenvalue weighted by molar-refractivity contribution is -0.133. The molecule has 2 amide bonds. The molecule has 4 nitrogen and oxygen atoms in total. The van der Waals surface area contributed by atoms with Crippen LogP contribution in [0.4, 0.5) is 0 Å². The summed E-state index contributed by atoms with van der Waals surface area (Å²) in [6, 6.07) is 8.07. The second-order valence-electron chi connectivity index (χ2n) is 4.47. The van der Waals surface area contributed by atoms with E-state index in [1.54, 1.807) is 0 Å². The SMILES string of the molecule is C=CC(=O)N(CC(N)=O)C1Cc2ccccc2C1. The number of nitrogens with two attached hydrogens (primary N) is 1. The normalized spacial score (nSPS) is 14.0. The zero-order valence-electron chi connectivity index (χ0n) is 10.1. The van der Waals surface area contributed by atoms with Gasteiger partial charge in [0.1, 0.15) is 0 Å². The first kappa shape index (κ1) is 12.4. The Hall–Kier alpha value is -2.10. The van der Waals surface area contributed by atoms with E-state index in [0.717, 1.165) is 12.8 Å². The Kier molecular flexibility index (Phi) is 3.46. The van der Waals surface area contributed by atoms with Crippen LogP contribution in [0.3, 0.4) is 0 Å². The number of rotatable bonds is 4. The highest BCUT2D eigenvalue weighted by Crippen LogP contribution is 2.25. The fourth-order valence-corrected chi connectivity index (χ4v) is 2.43. The smallest absolute Gasteiger partial charge is 0.246 e. The molecule has 0 fully saturated rings. The number of carbonyl (C=O) groups excluding carboxylic acids is 2. The first-order valence-electron chi connectivity index (χ1n) is 5.90. The molecule has 2 rings (SSSR count). The molecule has 18 heavy (non-hydrogen) atoms. The van der Waals surface area contributed by atoms with Gasteiger partial charge in [0.05, 0.1) is 6.54 Å². The molecule has 94 valence electrons. The molecule has 2 N–H and O–H groups in total. The minimum Gasteiger partial charge on any atom is -0.368 e. The van der Waals surface area contributed by atoms with E-state index < -0.39 is 5.91 Å². The quantitative estimate of drug-likeness (QED) is 0.790. The van der Waals surface area contributed by atoms with E-state index in [-0.39, 0.29) is 18.5 Å². The van der Waals surface area contributed by atoms with Gasteiger partial charge < -0.3 is 10.6 Å². The molecule has 0 spiro atoms. The third kappa shape index (κ3) is 2.42. The molecule has 0 unspecified atom stereocenters. The van der Waals surface area contributed by atoms with Crippen molar-refractivity contribution in [2.75, 3.05) is 6.54 Å². The van der Waals surface area contributed by atoms with Gasteiger partial charge in [0.25, 0.3) is 0 Å². The van der Waals surface area contributed by atoms with Crippen molar-refractivity contribution in [3.8, 4) is 0 Å². The maximum absolute atomic E-state index is 11.8. The maximum Gasteiger partial charge on any atom is 0.246 e. The van der Waals surface area contributed by atoms with Crippen molar-refractivity contribution in [2.24, 2.45) is 5.73 Å². The summed E-state index contributed by atoms with van der Waals surface area (Å²) in [7, 11) is 0. The number of fused-ring (bicyclic) bond motifs is 1. The number of primary amides is 1. The third-order valence-corrected chi connectivity index (χ3v) is 3.25. The summed E-state index contributed by atoms with van der Waals surface area (Å²) >= 11 is 0.